The van der Waals surface area contributed by atoms with Gasteiger partial charge in [0.1, 0.15) is 17.5 Å². The molecule has 0 aromatic heterocycles. The van der Waals surface area contributed by atoms with E-state index < -0.39 is 29.3 Å². The van der Waals surface area contributed by atoms with E-state index in [1.165, 1.54) is 0 Å². The Morgan fingerprint density at radius 2 is 1.88 bits per heavy atom. The molecule has 0 radical (unpaired) electrons. The number of esters is 1. The average Bonchev–Trinajstić information content (AvgIpc) is 3.60. The summed E-state index contributed by atoms with van der Waals surface area (Å²) < 4.78 is 25.5. The second-order valence-corrected chi connectivity index (χ2v) is 14.5. The number of fused-ring (bicyclic) bond motifs is 4. The van der Waals surface area contributed by atoms with E-state index in [1.807, 2.05) is 27.8 Å². The molecule has 232 valence electrons. The minimum absolute atomic E-state index is 0.0404. The van der Waals surface area contributed by atoms with Crippen molar-refractivity contribution >= 4 is 11.8 Å². The van der Waals surface area contributed by atoms with Crippen molar-refractivity contribution in [2.24, 2.45) is 35.3 Å². The number of nitrogens with two attached hydrogens (primary N) is 1. The van der Waals surface area contributed by atoms with E-state index >= 15 is 0 Å². The third-order valence-corrected chi connectivity index (χ3v) is 11.1. The normalized spacial score (nSPS) is 49.5. The molecule has 41 heavy (non-hydrogen) atoms. The number of carbonyl (C=O) groups excluding carboxylic acids is 2. The zero-order chi connectivity index (χ0) is 29.1. The molecule has 0 amide bonds. The molecule has 6 rings (SSSR count). The molecule has 5 heterocycles. The molecule has 5 N–H and O–H groups in total. The van der Waals surface area contributed by atoms with Crippen LogP contribution in [0.15, 0.2) is 0 Å². The predicted octanol–water partition coefficient (Wildman–Crippen LogP) is 1.66. The lowest BCUT2D eigenvalue weighted by atomic mass is 9.61. The highest BCUT2D eigenvalue weighted by molar-refractivity contribution is 5.84. The fourth-order valence-electron chi connectivity index (χ4n) is 9.16. The highest BCUT2D eigenvalue weighted by atomic mass is 16.7. The monoisotopic (exact) mass is 577 g/mol. The minimum Gasteiger partial charge on any atom is -0.457 e. The van der Waals surface area contributed by atoms with Gasteiger partial charge in [-0.2, -0.15) is 0 Å². The summed E-state index contributed by atoms with van der Waals surface area (Å²) in [5, 5.41) is 18.4. The van der Waals surface area contributed by atoms with E-state index in [0.29, 0.717) is 25.2 Å². The summed E-state index contributed by atoms with van der Waals surface area (Å²) in [4.78, 5) is 27.1. The van der Waals surface area contributed by atoms with Gasteiger partial charge in [-0.15, -0.1) is 0 Å². The van der Waals surface area contributed by atoms with Gasteiger partial charge >= 0.3 is 5.97 Å². The number of rotatable bonds is 5. The molecule has 5 aliphatic heterocycles. The van der Waals surface area contributed by atoms with Crippen LogP contribution in [0, 0.1) is 29.6 Å². The van der Waals surface area contributed by atoms with Gasteiger partial charge in [-0.25, -0.2) is 4.79 Å². The molecular weight excluding hydrogens is 526 g/mol. The maximum absolute atomic E-state index is 14.0. The SMILES string of the molecule is CNCC1CCC2(OC2CCC2CCNC(N)C2)C(=O)OC2C(C1)C1C(CC3OC(C)CC(=O)C3C1O)OC2(C)C. The number of Topliss-reactive ketones (excluding diaryl/α,β-unsaturated/α-hetero) is 1. The number of aliphatic hydroxyl groups is 1. The van der Waals surface area contributed by atoms with Crippen LogP contribution in [-0.2, 0) is 28.5 Å². The van der Waals surface area contributed by atoms with Crippen molar-refractivity contribution in [3.8, 4) is 0 Å². The second kappa shape index (κ2) is 11.4. The second-order valence-electron chi connectivity index (χ2n) is 14.5. The van der Waals surface area contributed by atoms with Gasteiger partial charge in [0.05, 0.1) is 42.6 Å². The van der Waals surface area contributed by atoms with Gasteiger partial charge in [-0.05, 0) is 97.7 Å². The maximum Gasteiger partial charge on any atom is 0.341 e. The van der Waals surface area contributed by atoms with Crippen molar-refractivity contribution < 1.29 is 33.6 Å². The Kier molecular flexibility index (Phi) is 8.33. The van der Waals surface area contributed by atoms with Crippen LogP contribution < -0.4 is 16.4 Å². The molecule has 6 aliphatic rings. The van der Waals surface area contributed by atoms with Gasteiger partial charge in [-0.1, -0.05) is 0 Å². The summed E-state index contributed by atoms with van der Waals surface area (Å²) in [6.07, 6.45) is 4.64. The molecule has 6 fully saturated rings. The van der Waals surface area contributed by atoms with Gasteiger partial charge < -0.3 is 40.4 Å². The number of aliphatic hydroxyl groups excluding tert-OH is 1. The highest BCUT2D eigenvalue weighted by Gasteiger charge is 2.66. The van der Waals surface area contributed by atoms with Crippen LogP contribution >= 0.6 is 0 Å². The van der Waals surface area contributed by atoms with Crippen LogP contribution in [-0.4, -0.2) is 91.0 Å². The van der Waals surface area contributed by atoms with E-state index in [1.54, 1.807) is 0 Å². The third kappa shape index (κ3) is 5.63. The molecule has 1 spiro atoms. The Labute approximate surface area is 244 Å². The van der Waals surface area contributed by atoms with Crippen LogP contribution in [0.25, 0.3) is 0 Å². The standard InChI is InChI=1S/C31H51N3O7/c1-16-11-20(35)26-21(38-16)14-22-25(27(26)36)19-12-18(15-33-4)7-9-31(29(37)39-28(19)30(2,3)40-22)23(41-31)6-5-17-8-10-34-24(32)13-17/h16-19,21-28,33-34,36H,5-15,32H2,1-4H3. The predicted molar refractivity (Wildman–Crippen MR) is 151 cm³/mol. The quantitative estimate of drug-likeness (QED) is 0.281. The van der Waals surface area contributed by atoms with Crippen LogP contribution in [0.5, 0.6) is 0 Å². The fourth-order valence-corrected chi connectivity index (χ4v) is 9.16. The first-order chi connectivity index (χ1) is 19.5. The van der Waals surface area contributed by atoms with Gasteiger partial charge in [0.25, 0.3) is 0 Å². The number of carbonyl (C=O) groups is 2. The van der Waals surface area contributed by atoms with Gasteiger partial charge in [0, 0.05) is 24.7 Å². The molecule has 5 saturated heterocycles. The van der Waals surface area contributed by atoms with Crippen LogP contribution in [0.4, 0.5) is 0 Å². The van der Waals surface area contributed by atoms with Crippen molar-refractivity contribution in [2.75, 3.05) is 20.1 Å². The summed E-state index contributed by atoms with van der Waals surface area (Å²) in [6, 6.07) is 0. The van der Waals surface area contributed by atoms with Gasteiger partial charge in [-0.3, -0.25) is 4.79 Å². The Bertz CT molecular complexity index is 995. The smallest absolute Gasteiger partial charge is 0.341 e. The summed E-state index contributed by atoms with van der Waals surface area (Å²) in [5.41, 5.74) is 4.45. The highest BCUT2D eigenvalue weighted by Crippen LogP contribution is 2.54. The Morgan fingerprint density at radius 3 is 2.63 bits per heavy atom. The number of nitrogens with one attached hydrogen (secondary N) is 2. The number of hydrogen-bond acceptors (Lipinski definition) is 10. The Morgan fingerprint density at radius 1 is 1.07 bits per heavy atom. The first kappa shape index (κ1) is 29.9. The van der Waals surface area contributed by atoms with Crippen molar-refractivity contribution in [3.05, 3.63) is 0 Å². The molecule has 0 aromatic rings. The third-order valence-electron chi connectivity index (χ3n) is 11.1. The first-order valence-electron chi connectivity index (χ1n) is 16.1. The topological polar surface area (TPSA) is 145 Å². The van der Waals surface area contributed by atoms with Crippen molar-refractivity contribution in [2.45, 2.75) is 133 Å². The maximum atomic E-state index is 14.0. The molecule has 10 heteroatoms. The molecular formula is C31H51N3O7. The lowest BCUT2D eigenvalue weighted by Crippen LogP contribution is -2.67. The van der Waals surface area contributed by atoms with Gasteiger partial charge in [0.2, 0.25) is 0 Å². The lowest BCUT2D eigenvalue weighted by molar-refractivity contribution is -0.279. The molecule has 0 bridgehead atoms. The number of piperidine rings is 1. The number of ether oxygens (including phenoxy) is 4. The van der Waals surface area contributed by atoms with E-state index in [2.05, 4.69) is 10.6 Å². The zero-order valence-electron chi connectivity index (χ0n) is 25.2. The number of ketones is 1. The molecule has 10 nitrogen and oxygen atoms in total. The van der Waals surface area contributed by atoms with Gasteiger partial charge in [0.15, 0.2) is 5.60 Å². The van der Waals surface area contributed by atoms with E-state index in [0.717, 1.165) is 51.6 Å². The van der Waals surface area contributed by atoms with Crippen LogP contribution in [0.2, 0.25) is 0 Å². The first-order valence-corrected chi connectivity index (χ1v) is 16.1. The summed E-state index contributed by atoms with van der Waals surface area (Å²) >= 11 is 0. The van der Waals surface area contributed by atoms with Crippen molar-refractivity contribution in [1.29, 1.82) is 0 Å². The largest absolute Gasteiger partial charge is 0.457 e. The summed E-state index contributed by atoms with van der Waals surface area (Å²) in [5.74, 6) is -0.438. The van der Waals surface area contributed by atoms with Crippen LogP contribution in [0.3, 0.4) is 0 Å². The summed E-state index contributed by atoms with van der Waals surface area (Å²) in [7, 11) is 1.96. The summed E-state index contributed by atoms with van der Waals surface area (Å²) in [6.45, 7) is 7.63. The Hall–Kier alpha value is -1.14. The molecule has 0 aromatic carbocycles. The number of hydrogen-bond donors (Lipinski definition) is 4. The lowest BCUT2D eigenvalue weighted by Gasteiger charge is -2.57. The Balaban J connectivity index is 1.24. The molecule has 1 aliphatic carbocycles. The fraction of sp³-hybridized carbons (Fsp3) is 0.935. The van der Waals surface area contributed by atoms with Crippen molar-refractivity contribution in [1.82, 2.24) is 10.6 Å². The molecule has 1 saturated carbocycles. The van der Waals surface area contributed by atoms with E-state index in [4.69, 9.17) is 24.7 Å². The van der Waals surface area contributed by atoms with Crippen LogP contribution in [0.1, 0.15) is 78.6 Å². The van der Waals surface area contributed by atoms with E-state index in [9.17, 15) is 14.7 Å². The van der Waals surface area contributed by atoms with E-state index in [-0.39, 0.29) is 60.1 Å². The van der Waals surface area contributed by atoms with Crippen molar-refractivity contribution in [3.63, 3.8) is 0 Å². The zero-order valence-corrected chi connectivity index (χ0v) is 25.2. The molecule has 13 atom stereocenters. The molecule has 13 unspecified atom stereocenters. The number of epoxide rings is 1. The average molecular weight is 578 g/mol. The minimum atomic E-state index is -0.914.